The number of nitrogens with one attached hydrogen (secondary N) is 1. The first kappa shape index (κ1) is 13.8. The number of terminal acetylenes is 1. The molecule has 98 valence electrons. The van der Waals surface area contributed by atoms with E-state index >= 15 is 0 Å². The number of carbonyl (C=O) groups is 3. The molecule has 1 rings (SSSR count). The number of primary amides is 1. The van der Waals surface area contributed by atoms with Gasteiger partial charge in [-0.05, 0) is 12.8 Å². The third kappa shape index (κ3) is 3.13. The van der Waals surface area contributed by atoms with Gasteiger partial charge in [-0.25, -0.2) is 9.59 Å². The normalized spacial score (nSPS) is 19.9. The van der Waals surface area contributed by atoms with Crippen molar-refractivity contribution in [3.05, 3.63) is 0 Å². The summed E-state index contributed by atoms with van der Waals surface area (Å²) in [6.45, 7) is 0.377. The summed E-state index contributed by atoms with van der Waals surface area (Å²) in [7, 11) is 0. The fourth-order valence-corrected chi connectivity index (χ4v) is 1.86. The molecule has 1 fully saturated rings. The molecule has 7 heteroatoms. The molecule has 3 amide bonds. The summed E-state index contributed by atoms with van der Waals surface area (Å²) >= 11 is 0. The van der Waals surface area contributed by atoms with Crippen molar-refractivity contribution < 1.29 is 19.5 Å². The Balaban J connectivity index is 2.67. The lowest BCUT2D eigenvalue weighted by molar-refractivity contribution is -0.139. The Labute approximate surface area is 104 Å². The minimum absolute atomic E-state index is 0.115. The molecule has 2 unspecified atom stereocenters. The Morgan fingerprint density at radius 1 is 1.56 bits per heavy atom. The monoisotopic (exact) mass is 253 g/mol. The third-order valence-corrected chi connectivity index (χ3v) is 2.76. The summed E-state index contributed by atoms with van der Waals surface area (Å²) in [6.07, 6.45) is 6.06. The number of nitrogens with two attached hydrogens (primary N) is 1. The van der Waals surface area contributed by atoms with Crippen LogP contribution in [-0.4, -0.2) is 46.5 Å². The molecule has 0 aliphatic carbocycles. The van der Waals surface area contributed by atoms with Crippen LogP contribution < -0.4 is 11.1 Å². The van der Waals surface area contributed by atoms with Gasteiger partial charge in [-0.3, -0.25) is 4.79 Å². The molecule has 0 radical (unpaired) electrons. The summed E-state index contributed by atoms with van der Waals surface area (Å²) in [5.74, 6) is 0.370. The number of carboxylic acid groups (broad SMARTS) is 1. The van der Waals surface area contributed by atoms with Crippen molar-refractivity contribution in [2.75, 3.05) is 6.54 Å². The third-order valence-electron chi connectivity index (χ3n) is 2.76. The molecule has 1 aliphatic rings. The van der Waals surface area contributed by atoms with Crippen LogP contribution in [0.5, 0.6) is 0 Å². The predicted octanol–water partition coefficient (Wildman–Crippen LogP) is -0.878. The van der Waals surface area contributed by atoms with Crippen LogP contribution in [0.25, 0.3) is 0 Å². The van der Waals surface area contributed by atoms with Crippen molar-refractivity contribution >= 4 is 17.9 Å². The van der Waals surface area contributed by atoms with Crippen molar-refractivity contribution in [3.8, 4) is 12.3 Å². The molecule has 2 atom stereocenters. The van der Waals surface area contributed by atoms with Crippen molar-refractivity contribution in [2.24, 2.45) is 5.73 Å². The number of urea groups is 1. The highest BCUT2D eigenvalue weighted by atomic mass is 16.4. The average molecular weight is 253 g/mol. The first-order valence-electron chi connectivity index (χ1n) is 5.50. The number of hydrogen-bond donors (Lipinski definition) is 3. The van der Waals surface area contributed by atoms with E-state index in [4.69, 9.17) is 17.3 Å². The maximum atomic E-state index is 11.8. The molecule has 1 saturated heterocycles. The van der Waals surface area contributed by atoms with Crippen LogP contribution in [0.2, 0.25) is 0 Å². The molecule has 18 heavy (non-hydrogen) atoms. The van der Waals surface area contributed by atoms with Gasteiger partial charge in [-0.15, -0.1) is 12.3 Å². The van der Waals surface area contributed by atoms with E-state index in [1.54, 1.807) is 0 Å². The van der Waals surface area contributed by atoms with Gasteiger partial charge in [0.2, 0.25) is 5.91 Å². The minimum atomic E-state index is -1.21. The molecular weight excluding hydrogens is 238 g/mol. The summed E-state index contributed by atoms with van der Waals surface area (Å²) < 4.78 is 0. The van der Waals surface area contributed by atoms with Crippen LogP contribution in [-0.2, 0) is 9.59 Å². The number of carbonyl (C=O) groups excluding carboxylic acids is 2. The van der Waals surface area contributed by atoms with Crippen LogP contribution >= 0.6 is 0 Å². The number of amides is 3. The fraction of sp³-hybridized carbons (Fsp3) is 0.545. The summed E-state index contributed by atoms with van der Waals surface area (Å²) in [4.78, 5) is 35.0. The van der Waals surface area contributed by atoms with E-state index in [1.807, 2.05) is 0 Å². The highest BCUT2D eigenvalue weighted by molar-refractivity contribution is 5.88. The Hall–Kier alpha value is -2.23. The van der Waals surface area contributed by atoms with E-state index in [0.717, 1.165) is 0 Å². The molecule has 7 nitrogen and oxygen atoms in total. The van der Waals surface area contributed by atoms with Crippen LogP contribution in [0.1, 0.15) is 19.3 Å². The van der Waals surface area contributed by atoms with Gasteiger partial charge >= 0.3 is 12.0 Å². The largest absolute Gasteiger partial charge is 0.480 e. The molecule has 1 heterocycles. The van der Waals surface area contributed by atoms with Gasteiger partial charge in [0.1, 0.15) is 12.1 Å². The van der Waals surface area contributed by atoms with Crippen molar-refractivity contribution in [3.63, 3.8) is 0 Å². The Morgan fingerprint density at radius 3 is 2.72 bits per heavy atom. The molecule has 0 aromatic carbocycles. The molecule has 0 bridgehead atoms. The van der Waals surface area contributed by atoms with Gasteiger partial charge in [-0.1, -0.05) is 0 Å². The van der Waals surface area contributed by atoms with Gasteiger partial charge in [0.05, 0.1) is 0 Å². The van der Waals surface area contributed by atoms with E-state index in [-0.39, 0.29) is 6.42 Å². The highest BCUT2D eigenvalue weighted by Gasteiger charge is 2.34. The summed E-state index contributed by atoms with van der Waals surface area (Å²) in [5.41, 5.74) is 5.17. The predicted molar refractivity (Wildman–Crippen MR) is 62.3 cm³/mol. The molecule has 0 spiro atoms. The van der Waals surface area contributed by atoms with Gasteiger partial charge in [-0.2, -0.15) is 0 Å². The molecule has 4 N–H and O–H groups in total. The van der Waals surface area contributed by atoms with Gasteiger partial charge in [0, 0.05) is 13.0 Å². The van der Waals surface area contributed by atoms with Crippen molar-refractivity contribution in [1.82, 2.24) is 10.2 Å². The van der Waals surface area contributed by atoms with Crippen LogP contribution in [0.15, 0.2) is 0 Å². The van der Waals surface area contributed by atoms with Crippen LogP contribution in [0.4, 0.5) is 4.79 Å². The molecule has 0 saturated carbocycles. The molecular formula is C11H15N3O4. The first-order valence-corrected chi connectivity index (χ1v) is 5.50. The molecule has 0 aromatic heterocycles. The lowest BCUT2D eigenvalue weighted by Crippen LogP contribution is -2.52. The van der Waals surface area contributed by atoms with Crippen LogP contribution in [0.3, 0.4) is 0 Å². The molecule has 0 aromatic rings. The average Bonchev–Trinajstić information content (AvgIpc) is 2.77. The maximum Gasteiger partial charge on any atom is 0.327 e. The Kier molecular flexibility index (Phi) is 4.54. The summed E-state index contributed by atoms with van der Waals surface area (Å²) in [5, 5.41) is 11.1. The lowest BCUT2D eigenvalue weighted by atomic mass is 10.2. The Bertz CT molecular complexity index is 402. The zero-order chi connectivity index (χ0) is 13.7. The topological polar surface area (TPSA) is 113 Å². The van der Waals surface area contributed by atoms with Crippen molar-refractivity contribution in [1.29, 1.82) is 0 Å². The highest BCUT2D eigenvalue weighted by Crippen LogP contribution is 2.16. The Morgan fingerprint density at radius 2 is 2.22 bits per heavy atom. The second kappa shape index (κ2) is 5.91. The number of likely N-dealkylation sites (tertiary alicyclic amines) is 1. The lowest BCUT2D eigenvalue weighted by Gasteiger charge is -2.24. The van der Waals surface area contributed by atoms with Crippen molar-refractivity contribution in [2.45, 2.75) is 31.3 Å². The van der Waals surface area contributed by atoms with E-state index in [0.29, 0.717) is 19.4 Å². The first-order chi connectivity index (χ1) is 8.47. The maximum absolute atomic E-state index is 11.8. The van der Waals surface area contributed by atoms with Gasteiger partial charge < -0.3 is 21.1 Å². The number of nitrogens with zero attached hydrogens (tertiary/aromatic N) is 1. The number of hydrogen-bond acceptors (Lipinski definition) is 3. The quantitative estimate of drug-likeness (QED) is 0.565. The zero-order valence-corrected chi connectivity index (χ0v) is 9.76. The number of aliphatic carboxylic acids is 1. The zero-order valence-electron chi connectivity index (χ0n) is 9.76. The second-order valence-corrected chi connectivity index (χ2v) is 4.00. The van der Waals surface area contributed by atoms with E-state index in [2.05, 4.69) is 11.2 Å². The fourth-order valence-electron chi connectivity index (χ4n) is 1.86. The van der Waals surface area contributed by atoms with Crippen LogP contribution in [0, 0.1) is 12.3 Å². The van der Waals surface area contributed by atoms with E-state index in [1.165, 1.54) is 4.90 Å². The summed E-state index contributed by atoms with van der Waals surface area (Å²) in [6, 6.07) is -2.46. The van der Waals surface area contributed by atoms with E-state index in [9.17, 15) is 14.4 Å². The smallest absolute Gasteiger partial charge is 0.327 e. The molecule has 1 aliphatic heterocycles. The SMILES string of the molecule is C#CCC(NC(=O)N1CCCC1C(N)=O)C(=O)O. The number of rotatable bonds is 4. The standard InChI is InChI=1S/C11H15N3O4/c1-2-4-7(10(16)17)13-11(18)14-6-3-5-8(14)9(12)15/h1,7-8H,3-6H2,(H2,12,15)(H,13,18)(H,16,17). The van der Waals surface area contributed by atoms with E-state index < -0.39 is 30.0 Å². The number of carboxylic acids is 1. The van der Waals surface area contributed by atoms with Gasteiger partial charge in [0.15, 0.2) is 0 Å². The van der Waals surface area contributed by atoms with Gasteiger partial charge in [0.25, 0.3) is 0 Å². The minimum Gasteiger partial charge on any atom is -0.480 e. The second-order valence-electron chi connectivity index (χ2n) is 4.00.